The molecule has 2 atom stereocenters. The number of nitrogens with zero attached hydrogens (tertiary/aromatic N) is 1. The minimum atomic E-state index is -0.166. The van der Waals surface area contributed by atoms with E-state index in [1.807, 2.05) is 13.0 Å². The van der Waals surface area contributed by atoms with Gasteiger partial charge in [-0.15, -0.1) is 0 Å². The van der Waals surface area contributed by atoms with Crippen LogP contribution in [0.3, 0.4) is 0 Å². The minimum absolute atomic E-state index is 0.138. The van der Waals surface area contributed by atoms with Crippen LogP contribution in [0.1, 0.15) is 30.3 Å². The maximum Gasteiger partial charge on any atom is 0.272 e. The Labute approximate surface area is 116 Å². The number of carbonyl (C=O) groups is 1. The van der Waals surface area contributed by atoms with E-state index in [-0.39, 0.29) is 18.1 Å². The molecule has 0 bridgehead atoms. The first-order valence-corrected chi connectivity index (χ1v) is 6.79. The monoisotopic (exact) mass is 274 g/mol. The van der Waals surface area contributed by atoms with E-state index in [9.17, 15) is 4.79 Å². The fourth-order valence-corrected chi connectivity index (χ4v) is 2.59. The number of fused-ring (bicyclic) bond motifs is 1. The molecule has 106 valence electrons. The highest BCUT2D eigenvalue weighted by molar-refractivity contribution is 6.05. The van der Waals surface area contributed by atoms with Gasteiger partial charge in [-0.05, 0) is 38.0 Å². The van der Waals surface area contributed by atoms with Crippen molar-refractivity contribution in [3.63, 3.8) is 0 Å². The Morgan fingerprint density at radius 2 is 2.40 bits per heavy atom. The zero-order valence-corrected chi connectivity index (χ0v) is 11.3. The lowest BCUT2D eigenvalue weighted by molar-refractivity contribution is 0.0136. The number of anilines is 1. The van der Waals surface area contributed by atoms with Gasteiger partial charge in [0.25, 0.3) is 5.91 Å². The van der Waals surface area contributed by atoms with Crippen molar-refractivity contribution in [1.82, 2.24) is 15.5 Å². The Morgan fingerprint density at radius 3 is 3.20 bits per heavy atom. The molecule has 2 heterocycles. The first-order valence-electron chi connectivity index (χ1n) is 6.79. The van der Waals surface area contributed by atoms with Gasteiger partial charge in [0.2, 0.25) is 0 Å². The molecule has 0 spiro atoms. The van der Waals surface area contributed by atoms with Crippen LogP contribution in [0.5, 0.6) is 0 Å². The summed E-state index contributed by atoms with van der Waals surface area (Å²) in [6, 6.07) is 5.51. The Morgan fingerprint density at radius 1 is 1.55 bits per heavy atom. The number of nitrogens with two attached hydrogens (primary N) is 1. The molecule has 1 aliphatic rings. The topological polar surface area (TPSA) is 93.0 Å². The molecule has 1 aromatic heterocycles. The molecule has 1 saturated heterocycles. The van der Waals surface area contributed by atoms with Gasteiger partial charge in [0, 0.05) is 23.7 Å². The summed E-state index contributed by atoms with van der Waals surface area (Å²) in [7, 11) is 0. The molecule has 1 amide bonds. The van der Waals surface area contributed by atoms with E-state index in [0.717, 1.165) is 23.7 Å². The first kappa shape index (κ1) is 12.9. The molecule has 1 aliphatic heterocycles. The molecule has 20 heavy (non-hydrogen) atoms. The molecule has 4 N–H and O–H groups in total. The second kappa shape index (κ2) is 5.13. The summed E-state index contributed by atoms with van der Waals surface area (Å²) < 4.78 is 5.48. The molecule has 2 aromatic rings. The number of carbonyl (C=O) groups excluding carboxylic acids is 1. The number of aromatic amines is 1. The van der Waals surface area contributed by atoms with E-state index in [4.69, 9.17) is 10.5 Å². The van der Waals surface area contributed by atoms with Crippen LogP contribution >= 0.6 is 0 Å². The van der Waals surface area contributed by atoms with Crippen LogP contribution in [-0.4, -0.2) is 34.9 Å². The summed E-state index contributed by atoms with van der Waals surface area (Å²) in [6.07, 6.45) is 1.84. The Kier molecular flexibility index (Phi) is 3.31. The largest absolute Gasteiger partial charge is 0.399 e. The Hall–Kier alpha value is -2.08. The predicted molar refractivity (Wildman–Crippen MR) is 76.4 cm³/mol. The van der Waals surface area contributed by atoms with Crippen molar-refractivity contribution in [2.24, 2.45) is 0 Å². The molecule has 0 saturated carbocycles. The maximum absolute atomic E-state index is 12.3. The van der Waals surface area contributed by atoms with Crippen LogP contribution in [0.4, 0.5) is 5.69 Å². The second-order valence-electron chi connectivity index (χ2n) is 5.25. The number of hydrogen-bond acceptors (Lipinski definition) is 4. The van der Waals surface area contributed by atoms with Gasteiger partial charge in [-0.2, -0.15) is 5.10 Å². The zero-order chi connectivity index (χ0) is 14.1. The fraction of sp³-hybridized carbons (Fsp3) is 0.429. The SMILES string of the molecule is CC1CC(NC(=O)c2n[nH]c3ccc(N)cc23)CCO1. The third kappa shape index (κ3) is 2.46. The van der Waals surface area contributed by atoms with Crippen LogP contribution in [0.25, 0.3) is 10.9 Å². The fourth-order valence-electron chi connectivity index (χ4n) is 2.59. The number of aromatic nitrogens is 2. The van der Waals surface area contributed by atoms with Crippen LogP contribution in [0, 0.1) is 0 Å². The van der Waals surface area contributed by atoms with Gasteiger partial charge in [-0.3, -0.25) is 9.89 Å². The van der Waals surface area contributed by atoms with Gasteiger partial charge in [0.05, 0.1) is 11.6 Å². The van der Waals surface area contributed by atoms with E-state index in [2.05, 4.69) is 15.5 Å². The number of amides is 1. The quantitative estimate of drug-likeness (QED) is 0.722. The number of H-pyrrole nitrogens is 1. The van der Waals surface area contributed by atoms with Crippen molar-refractivity contribution in [1.29, 1.82) is 0 Å². The van der Waals surface area contributed by atoms with Gasteiger partial charge in [0.1, 0.15) is 0 Å². The van der Waals surface area contributed by atoms with Gasteiger partial charge >= 0.3 is 0 Å². The molecular weight excluding hydrogens is 256 g/mol. The highest BCUT2D eigenvalue weighted by Gasteiger charge is 2.23. The molecule has 0 aliphatic carbocycles. The summed E-state index contributed by atoms with van der Waals surface area (Å²) in [5, 5.41) is 10.7. The number of nitrogen functional groups attached to an aromatic ring is 1. The molecule has 0 radical (unpaired) electrons. The number of nitrogens with one attached hydrogen (secondary N) is 2. The van der Waals surface area contributed by atoms with Gasteiger partial charge < -0.3 is 15.8 Å². The third-order valence-corrected chi connectivity index (χ3v) is 3.62. The zero-order valence-electron chi connectivity index (χ0n) is 11.3. The summed E-state index contributed by atoms with van der Waals surface area (Å²) in [5.41, 5.74) is 7.59. The number of hydrogen-bond donors (Lipinski definition) is 3. The lowest BCUT2D eigenvalue weighted by Gasteiger charge is -2.27. The average molecular weight is 274 g/mol. The maximum atomic E-state index is 12.3. The summed E-state index contributed by atoms with van der Waals surface area (Å²) >= 11 is 0. The van der Waals surface area contributed by atoms with Crippen LogP contribution < -0.4 is 11.1 Å². The molecule has 1 fully saturated rings. The van der Waals surface area contributed by atoms with Gasteiger partial charge in [-0.25, -0.2) is 0 Å². The van der Waals surface area contributed by atoms with E-state index in [0.29, 0.717) is 18.0 Å². The van der Waals surface area contributed by atoms with Crippen molar-refractivity contribution in [2.75, 3.05) is 12.3 Å². The molecule has 6 nitrogen and oxygen atoms in total. The van der Waals surface area contributed by atoms with Crippen LogP contribution in [0.15, 0.2) is 18.2 Å². The number of benzene rings is 1. The minimum Gasteiger partial charge on any atom is -0.399 e. The predicted octanol–water partition coefficient (Wildman–Crippen LogP) is 1.44. The van der Waals surface area contributed by atoms with Gasteiger partial charge in [0.15, 0.2) is 5.69 Å². The standard InChI is InChI=1S/C14H18N4O2/c1-8-6-10(4-5-20-8)16-14(19)13-11-7-9(15)2-3-12(11)17-18-13/h2-3,7-8,10H,4-6,15H2,1H3,(H,16,19)(H,17,18). The Bertz CT molecular complexity index is 637. The van der Waals surface area contributed by atoms with E-state index in [1.54, 1.807) is 12.1 Å². The molecule has 1 aromatic carbocycles. The smallest absolute Gasteiger partial charge is 0.272 e. The van der Waals surface area contributed by atoms with E-state index in [1.165, 1.54) is 0 Å². The highest BCUT2D eigenvalue weighted by atomic mass is 16.5. The summed E-state index contributed by atoms with van der Waals surface area (Å²) in [4.78, 5) is 12.3. The normalized spacial score (nSPS) is 22.9. The van der Waals surface area contributed by atoms with Crippen molar-refractivity contribution >= 4 is 22.5 Å². The first-order chi connectivity index (χ1) is 9.63. The van der Waals surface area contributed by atoms with E-state index < -0.39 is 0 Å². The second-order valence-corrected chi connectivity index (χ2v) is 5.25. The average Bonchev–Trinajstić information content (AvgIpc) is 2.81. The molecule has 3 rings (SSSR count). The Balaban J connectivity index is 1.80. The number of rotatable bonds is 2. The van der Waals surface area contributed by atoms with Crippen molar-refractivity contribution < 1.29 is 9.53 Å². The highest BCUT2D eigenvalue weighted by Crippen LogP contribution is 2.20. The third-order valence-electron chi connectivity index (χ3n) is 3.62. The lowest BCUT2D eigenvalue weighted by Crippen LogP contribution is -2.41. The van der Waals surface area contributed by atoms with Gasteiger partial charge in [-0.1, -0.05) is 0 Å². The lowest BCUT2D eigenvalue weighted by atomic mass is 10.0. The van der Waals surface area contributed by atoms with Crippen molar-refractivity contribution in [3.05, 3.63) is 23.9 Å². The molecule has 2 unspecified atom stereocenters. The van der Waals surface area contributed by atoms with Crippen LogP contribution in [-0.2, 0) is 4.74 Å². The summed E-state index contributed by atoms with van der Waals surface area (Å²) in [5.74, 6) is -0.166. The molecular formula is C14H18N4O2. The van der Waals surface area contributed by atoms with Crippen LogP contribution in [0.2, 0.25) is 0 Å². The van der Waals surface area contributed by atoms with Crippen molar-refractivity contribution in [3.8, 4) is 0 Å². The van der Waals surface area contributed by atoms with Crippen molar-refractivity contribution in [2.45, 2.75) is 31.9 Å². The number of ether oxygens (including phenoxy) is 1. The summed E-state index contributed by atoms with van der Waals surface area (Å²) in [6.45, 7) is 2.70. The van der Waals surface area contributed by atoms with E-state index >= 15 is 0 Å². The molecule has 6 heteroatoms.